The summed E-state index contributed by atoms with van der Waals surface area (Å²) in [6.45, 7) is 3.95. The van der Waals surface area contributed by atoms with E-state index in [1.165, 1.54) is 11.3 Å². The molecule has 4 rings (SSSR count). The molecule has 8 nitrogen and oxygen atoms in total. The number of pyridine rings is 1. The highest BCUT2D eigenvalue weighted by atomic mass is 16.4. The van der Waals surface area contributed by atoms with Crippen molar-refractivity contribution in [2.24, 2.45) is 0 Å². The van der Waals surface area contributed by atoms with Crippen molar-refractivity contribution < 1.29 is 14.7 Å². The second-order valence-electron chi connectivity index (χ2n) is 6.77. The fraction of sp³-hybridized carbons (Fsp3) is 0.200. The van der Waals surface area contributed by atoms with E-state index in [1.807, 2.05) is 19.1 Å². The van der Waals surface area contributed by atoms with Gasteiger partial charge in [-0.15, -0.1) is 0 Å². The van der Waals surface area contributed by atoms with Gasteiger partial charge in [-0.25, -0.2) is 9.78 Å². The van der Waals surface area contributed by atoms with Crippen LogP contribution in [0.3, 0.4) is 0 Å². The van der Waals surface area contributed by atoms with Crippen LogP contribution in [0.2, 0.25) is 0 Å². The summed E-state index contributed by atoms with van der Waals surface area (Å²) < 4.78 is 1.23. The molecule has 0 bridgehead atoms. The summed E-state index contributed by atoms with van der Waals surface area (Å²) in [6.07, 6.45) is 2.27. The van der Waals surface area contributed by atoms with E-state index in [-0.39, 0.29) is 11.7 Å². The monoisotopic (exact) mass is 378 g/mol. The molecule has 0 radical (unpaired) electrons. The zero-order valence-electron chi connectivity index (χ0n) is 15.4. The Labute approximate surface area is 160 Å². The molecule has 1 aromatic carbocycles. The number of fused-ring (bicyclic) bond motifs is 2. The van der Waals surface area contributed by atoms with Crippen LogP contribution in [0, 0.1) is 6.92 Å². The Bertz CT molecular complexity index is 1200. The largest absolute Gasteiger partial charge is 0.477 e. The number of aromatic carboxylic acids is 1. The quantitative estimate of drug-likeness (QED) is 0.725. The van der Waals surface area contributed by atoms with Crippen molar-refractivity contribution >= 4 is 34.7 Å². The molecule has 0 unspecified atom stereocenters. The molecule has 28 heavy (non-hydrogen) atoms. The Hall–Kier alpha value is -3.68. The third-order valence-electron chi connectivity index (χ3n) is 4.80. The molecule has 0 saturated carbocycles. The van der Waals surface area contributed by atoms with E-state index in [2.05, 4.69) is 10.3 Å². The number of anilines is 3. The minimum absolute atomic E-state index is 0.0114. The third-order valence-corrected chi connectivity index (χ3v) is 4.80. The van der Waals surface area contributed by atoms with E-state index < -0.39 is 17.1 Å². The van der Waals surface area contributed by atoms with Gasteiger partial charge in [0.25, 0.3) is 5.56 Å². The highest BCUT2D eigenvalue weighted by Gasteiger charge is 2.23. The van der Waals surface area contributed by atoms with Crippen LogP contribution in [-0.4, -0.2) is 32.9 Å². The van der Waals surface area contributed by atoms with Crippen molar-refractivity contribution in [3.63, 3.8) is 0 Å². The zero-order valence-corrected chi connectivity index (χ0v) is 15.4. The van der Waals surface area contributed by atoms with Gasteiger partial charge in [-0.05, 0) is 48.7 Å². The first-order chi connectivity index (χ1) is 13.3. The number of amides is 1. The van der Waals surface area contributed by atoms with E-state index >= 15 is 0 Å². The predicted octanol–water partition coefficient (Wildman–Crippen LogP) is 2.35. The normalized spacial score (nSPS) is 12.9. The number of aromatic nitrogens is 2. The van der Waals surface area contributed by atoms with Gasteiger partial charge in [0.2, 0.25) is 5.91 Å². The smallest absolute Gasteiger partial charge is 0.345 e. The molecule has 0 aliphatic carbocycles. The van der Waals surface area contributed by atoms with Crippen LogP contribution in [-0.2, 0) is 11.2 Å². The number of rotatable bonds is 3. The number of carbonyl (C=O) groups is 2. The van der Waals surface area contributed by atoms with Crippen LogP contribution < -0.4 is 15.8 Å². The van der Waals surface area contributed by atoms with Gasteiger partial charge in [0.15, 0.2) is 11.4 Å². The standard InChI is InChI=1S/C20H18N4O4/c1-11-3-6-16-22-18(17(20(27)28)19(26)24(16)10-11)21-14-4-5-15-13(9-14)7-8-23(15)12(2)25/h3-6,9-10,21H,7-8H2,1-2H3,(H,27,28). The van der Waals surface area contributed by atoms with E-state index in [4.69, 9.17) is 0 Å². The van der Waals surface area contributed by atoms with Gasteiger partial charge in [0.1, 0.15) is 5.65 Å². The molecular weight excluding hydrogens is 360 g/mol. The van der Waals surface area contributed by atoms with Gasteiger partial charge in [0.05, 0.1) is 0 Å². The first kappa shape index (κ1) is 17.7. The third kappa shape index (κ3) is 2.88. The molecule has 1 aliphatic heterocycles. The molecule has 0 spiro atoms. The molecule has 3 aromatic rings. The van der Waals surface area contributed by atoms with Crippen molar-refractivity contribution in [2.75, 3.05) is 16.8 Å². The minimum atomic E-state index is -1.35. The molecule has 2 N–H and O–H groups in total. The second kappa shape index (κ2) is 6.49. The van der Waals surface area contributed by atoms with Crippen LogP contribution in [0.15, 0.2) is 41.3 Å². The topological polar surface area (TPSA) is 104 Å². The maximum absolute atomic E-state index is 12.7. The molecule has 2 aromatic heterocycles. The molecule has 0 atom stereocenters. The summed E-state index contributed by atoms with van der Waals surface area (Å²) in [5.41, 5.74) is 2.54. The van der Waals surface area contributed by atoms with Gasteiger partial charge in [-0.1, -0.05) is 6.07 Å². The van der Waals surface area contributed by atoms with E-state index in [0.717, 1.165) is 16.8 Å². The highest BCUT2D eigenvalue weighted by Crippen LogP contribution is 2.31. The van der Waals surface area contributed by atoms with E-state index in [1.54, 1.807) is 29.3 Å². The lowest BCUT2D eigenvalue weighted by Crippen LogP contribution is -2.25. The van der Waals surface area contributed by atoms with Crippen molar-refractivity contribution in [1.82, 2.24) is 9.38 Å². The predicted molar refractivity (Wildman–Crippen MR) is 105 cm³/mol. The van der Waals surface area contributed by atoms with Crippen LogP contribution >= 0.6 is 0 Å². The van der Waals surface area contributed by atoms with Crippen molar-refractivity contribution in [3.8, 4) is 0 Å². The summed E-state index contributed by atoms with van der Waals surface area (Å²) in [4.78, 5) is 42.1. The minimum Gasteiger partial charge on any atom is -0.477 e. The maximum Gasteiger partial charge on any atom is 0.345 e. The average molecular weight is 378 g/mol. The molecule has 0 fully saturated rings. The average Bonchev–Trinajstić information content (AvgIpc) is 3.05. The van der Waals surface area contributed by atoms with Gasteiger partial charge in [-0.2, -0.15) is 0 Å². The molecule has 1 aliphatic rings. The van der Waals surface area contributed by atoms with E-state index in [0.29, 0.717) is 24.3 Å². The number of benzene rings is 1. The summed E-state index contributed by atoms with van der Waals surface area (Å²) in [5, 5.41) is 12.5. The Morgan fingerprint density at radius 1 is 1.21 bits per heavy atom. The van der Waals surface area contributed by atoms with Crippen LogP contribution in [0.5, 0.6) is 0 Å². The Balaban J connectivity index is 1.79. The lowest BCUT2D eigenvalue weighted by atomic mass is 10.1. The molecular formula is C20H18N4O4. The molecule has 1 amide bonds. The van der Waals surface area contributed by atoms with Crippen molar-refractivity contribution in [3.05, 3.63) is 63.6 Å². The van der Waals surface area contributed by atoms with Gasteiger partial charge >= 0.3 is 5.97 Å². The van der Waals surface area contributed by atoms with Crippen LogP contribution in [0.4, 0.5) is 17.2 Å². The number of carboxylic acid groups (broad SMARTS) is 1. The Morgan fingerprint density at radius 3 is 2.71 bits per heavy atom. The fourth-order valence-electron chi connectivity index (χ4n) is 3.47. The van der Waals surface area contributed by atoms with Crippen LogP contribution in [0.25, 0.3) is 5.65 Å². The van der Waals surface area contributed by atoms with Crippen molar-refractivity contribution in [1.29, 1.82) is 0 Å². The van der Waals surface area contributed by atoms with Gasteiger partial charge < -0.3 is 15.3 Å². The summed E-state index contributed by atoms with van der Waals surface area (Å²) in [5.74, 6) is -1.38. The van der Waals surface area contributed by atoms with Gasteiger partial charge in [0, 0.05) is 31.0 Å². The number of nitrogens with zero attached hydrogens (tertiary/aromatic N) is 3. The molecule has 3 heterocycles. The van der Waals surface area contributed by atoms with Gasteiger partial charge in [-0.3, -0.25) is 14.0 Å². The summed E-state index contributed by atoms with van der Waals surface area (Å²) in [6, 6.07) is 8.87. The number of hydrogen-bond donors (Lipinski definition) is 2. The number of aryl methyl sites for hydroxylation is 1. The Morgan fingerprint density at radius 2 is 2.00 bits per heavy atom. The number of hydrogen-bond acceptors (Lipinski definition) is 5. The van der Waals surface area contributed by atoms with Crippen molar-refractivity contribution in [2.45, 2.75) is 20.3 Å². The maximum atomic E-state index is 12.7. The SMILES string of the molecule is CC(=O)N1CCc2cc(Nc3nc4ccc(C)cn4c(=O)c3C(=O)O)ccc21. The fourth-order valence-corrected chi connectivity index (χ4v) is 3.47. The number of carboxylic acids is 1. The summed E-state index contributed by atoms with van der Waals surface area (Å²) >= 11 is 0. The molecule has 142 valence electrons. The number of nitrogens with one attached hydrogen (secondary N) is 1. The Kier molecular flexibility index (Phi) is 4.11. The van der Waals surface area contributed by atoms with Crippen LogP contribution in [0.1, 0.15) is 28.4 Å². The summed E-state index contributed by atoms with van der Waals surface area (Å²) in [7, 11) is 0. The second-order valence-corrected chi connectivity index (χ2v) is 6.77. The number of carbonyl (C=O) groups excluding carboxylic acids is 1. The molecule has 8 heteroatoms. The first-order valence-corrected chi connectivity index (χ1v) is 8.79. The first-order valence-electron chi connectivity index (χ1n) is 8.79. The lowest BCUT2D eigenvalue weighted by molar-refractivity contribution is -0.116. The van der Waals surface area contributed by atoms with E-state index in [9.17, 15) is 19.5 Å². The highest BCUT2D eigenvalue weighted by molar-refractivity contribution is 5.95. The lowest BCUT2D eigenvalue weighted by Gasteiger charge is -2.15. The molecule has 0 saturated heterocycles. The zero-order chi connectivity index (χ0) is 20.0.